The fraction of sp³-hybridized carbons (Fsp3) is 0.480. The molecule has 2 aromatic rings. The fourth-order valence-corrected chi connectivity index (χ4v) is 4.31. The Morgan fingerprint density at radius 1 is 0.938 bits per heavy atom. The van der Waals surface area contributed by atoms with Gasteiger partial charge < -0.3 is 9.08 Å². The maximum atomic E-state index is 13.0. The van der Waals surface area contributed by atoms with Gasteiger partial charge in [0.15, 0.2) is 0 Å². The molecular weight excluding hydrogens is 429 g/mol. The van der Waals surface area contributed by atoms with Crippen LogP contribution in [0.15, 0.2) is 53.4 Å². The maximum Gasteiger partial charge on any atom is 0.339 e. The minimum absolute atomic E-state index is 0.0670. The Morgan fingerprint density at radius 3 is 2.12 bits per heavy atom. The van der Waals surface area contributed by atoms with Crippen molar-refractivity contribution in [1.82, 2.24) is 4.90 Å². The van der Waals surface area contributed by atoms with Crippen molar-refractivity contribution in [3.63, 3.8) is 0 Å². The summed E-state index contributed by atoms with van der Waals surface area (Å²) >= 11 is 0. The number of rotatable bonds is 13. The van der Waals surface area contributed by atoms with Gasteiger partial charge in [-0.2, -0.15) is 8.42 Å². The number of nitrogens with zero attached hydrogens (tertiary/aromatic N) is 1. The summed E-state index contributed by atoms with van der Waals surface area (Å²) in [5.41, 5.74) is 0.890. The number of hydrogen-bond acceptors (Lipinski definition) is 4. The van der Waals surface area contributed by atoms with E-state index < -0.39 is 15.9 Å². The Balaban J connectivity index is 1.93. The average molecular weight is 464 g/mol. The molecule has 0 bridgehead atoms. The Hall–Kier alpha value is -2.41. The van der Waals surface area contributed by atoms with E-state index >= 15 is 0 Å². The minimum Gasteiger partial charge on any atom is -0.379 e. The van der Waals surface area contributed by atoms with E-state index in [1.807, 2.05) is 18.7 Å². The van der Waals surface area contributed by atoms with Crippen LogP contribution in [-0.4, -0.2) is 25.3 Å². The van der Waals surface area contributed by atoms with Crippen molar-refractivity contribution >= 4 is 16.0 Å². The molecule has 0 unspecified atom stereocenters. The lowest BCUT2D eigenvalue weighted by molar-refractivity contribution is -0.133. The first kappa shape index (κ1) is 25.8. The Kier molecular flexibility index (Phi) is 10.2. The van der Waals surface area contributed by atoms with Gasteiger partial charge in [-0.05, 0) is 62.2 Å². The van der Waals surface area contributed by atoms with Gasteiger partial charge in [0, 0.05) is 19.0 Å². The van der Waals surface area contributed by atoms with Crippen molar-refractivity contribution in [2.45, 2.75) is 83.2 Å². The summed E-state index contributed by atoms with van der Waals surface area (Å²) < 4.78 is 42.9. The SMILES string of the molecule is CCCCCCCCC(=O)N(Cc1ccc(OS(=O)(=O)c2ccc(F)cc2)cc1)C(C)C. The van der Waals surface area contributed by atoms with E-state index in [-0.39, 0.29) is 22.6 Å². The third-order valence-electron chi connectivity index (χ3n) is 5.27. The summed E-state index contributed by atoms with van der Waals surface area (Å²) in [6, 6.07) is 11.2. The zero-order chi connectivity index (χ0) is 23.6. The molecule has 2 rings (SSSR count). The lowest BCUT2D eigenvalue weighted by Crippen LogP contribution is -2.36. The standard InChI is InChI=1S/C25H34FNO4S/c1-4-5-6-7-8-9-10-25(28)27(20(2)3)19-21-11-15-23(16-12-21)31-32(29,30)24-17-13-22(26)14-18-24/h11-18,20H,4-10,19H2,1-3H3. The van der Waals surface area contributed by atoms with Gasteiger partial charge in [-0.25, -0.2) is 4.39 Å². The largest absolute Gasteiger partial charge is 0.379 e. The fourth-order valence-electron chi connectivity index (χ4n) is 3.38. The molecule has 32 heavy (non-hydrogen) atoms. The van der Waals surface area contributed by atoms with E-state index in [9.17, 15) is 17.6 Å². The van der Waals surface area contributed by atoms with Crippen molar-refractivity contribution in [3.05, 3.63) is 59.9 Å². The highest BCUT2D eigenvalue weighted by atomic mass is 32.2. The van der Waals surface area contributed by atoms with Crippen molar-refractivity contribution in [3.8, 4) is 5.75 Å². The summed E-state index contributed by atoms with van der Waals surface area (Å²) in [6.45, 7) is 6.63. The van der Waals surface area contributed by atoms with Gasteiger partial charge in [-0.1, -0.05) is 51.2 Å². The van der Waals surface area contributed by atoms with Crippen LogP contribution < -0.4 is 4.18 Å². The van der Waals surface area contributed by atoms with E-state index in [2.05, 4.69) is 6.92 Å². The zero-order valence-corrected chi connectivity index (χ0v) is 20.0. The number of halogens is 1. The van der Waals surface area contributed by atoms with Gasteiger partial charge in [0.25, 0.3) is 0 Å². The molecule has 5 nitrogen and oxygen atoms in total. The first-order valence-corrected chi connectivity index (χ1v) is 12.7. The van der Waals surface area contributed by atoms with Gasteiger partial charge in [-0.15, -0.1) is 0 Å². The van der Waals surface area contributed by atoms with Crippen LogP contribution in [-0.2, 0) is 21.5 Å². The Labute approximate surface area is 191 Å². The highest BCUT2D eigenvalue weighted by Crippen LogP contribution is 2.21. The molecule has 0 fully saturated rings. The van der Waals surface area contributed by atoms with Crippen LogP contribution in [0.1, 0.15) is 71.3 Å². The number of carbonyl (C=O) groups excluding carboxylic acids is 1. The molecular formula is C25H34FNO4S. The van der Waals surface area contributed by atoms with E-state index in [4.69, 9.17) is 4.18 Å². The Bertz CT molecular complexity index is 941. The lowest BCUT2D eigenvalue weighted by atomic mass is 10.1. The molecule has 1 amide bonds. The molecule has 0 radical (unpaired) electrons. The highest BCUT2D eigenvalue weighted by molar-refractivity contribution is 7.87. The third kappa shape index (κ3) is 8.26. The molecule has 0 aromatic heterocycles. The molecule has 0 aliphatic rings. The lowest BCUT2D eigenvalue weighted by Gasteiger charge is -2.27. The second-order valence-electron chi connectivity index (χ2n) is 8.27. The van der Waals surface area contributed by atoms with Crippen LogP contribution in [0.2, 0.25) is 0 Å². The van der Waals surface area contributed by atoms with Crippen LogP contribution in [0.4, 0.5) is 4.39 Å². The first-order chi connectivity index (χ1) is 15.2. The number of unbranched alkanes of at least 4 members (excludes halogenated alkanes) is 5. The van der Waals surface area contributed by atoms with Gasteiger partial charge in [-0.3, -0.25) is 4.79 Å². The minimum atomic E-state index is -4.04. The summed E-state index contributed by atoms with van der Waals surface area (Å²) in [5.74, 6) is -0.226. The zero-order valence-electron chi connectivity index (χ0n) is 19.2. The van der Waals surface area contributed by atoms with Crippen LogP contribution >= 0.6 is 0 Å². The summed E-state index contributed by atoms with van der Waals surface area (Å²) in [7, 11) is -4.04. The average Bonchev–Trinajstić information content (AvgIpc) is 2.75. The van der Waals surface area contributed by atoms with Crippen molar-refractivity contribution < 1.29 is 21.8 Å². The molecule has 0 aliphatic carbocycles. The van der Waals surface area contributed by atoms with E-state index in [1.54, 1.807) is 24.3 Å². The topological polar surface area (TPSA) is 63.7 Å². The second kappa shape index (κ2) is 12.6. The van der Waals surface area contributed by atoms with E-state index in [0.29, 0.717) is 13.0 Å². The monoisotopic (exact) mass is 463 g/mol. The predicted molar refractivity (Wildman–Crippen MR) is 124 cm³/mol. The van der Waals surface area contributed by atoms with Crippen LogP contribution in [0.25, 0.3) is 0 Å². The number of carbonyl (C=O) groups is 1. The van der Waals surface area contributed by atoms with Crippen LogP contribution in [0, 0.1) is 5.82 Å². The maximum absolute atomic E-state index is 13.0. The molecule has 0 N–H and O–H groups in total. The molecule has 0 aliphatic heterocycles. The molecule has 176 valence electrons. The van der Waals surface area contributed by atoms with Gasteiger partial charge >= 0.3 is 10.1 Å². The van der Waals surface area contributed by atoms with Crippen molar-refractivity contribution in [1.29, 1.82) is 0 Å². The normalized spacial score (nSPS) is 11.5. The molecule has 0 spiro atoms. The van der Waals surface area contributed by atoms with Gasteiger partial charge in [0.2, 0.25) is 5.91 Å². The smallest absolute Gasteiger partial charge is 0.339 e. The summed E-state index contributed by atoms with van der Waals surface area (Å²) in [4.78, 5) is 14.4. The number of amides is 1. The molecule has 0 saturated carbocycles. The van der Waals surface area contributed by atoms with E-state index in [1.165, 1.54) is 25.7 Å². The third-order valence-corrected chi connectivity index (χ3v) is 6.53. The van der Waals surface area contributed by atoms with E-state index in [0.717, 1.165) is 42.7 Å². The summed E-state index contributed by atoms with van der Waals surface area (Å²) in [6.07, 6.45) is 7.38. The quantitative estimate of drug-likeness (QED) is 0.267. The van der Waals surface area contributed by atoms with Gasteiger partial charge in [0.05, 0.1) is 0 Å². The van der Waals surface area contributed by atoms with Gasteiger partial charge in [0.1, 0.15) is 16.5 Å². The molecule has 0 saturated heterocycles. The van der Waals surface area contributed by atoms with Crippen molar-refractivity contribution in [2.75, 3.05) is 0 Å². The second-order valence-corrected chi connectivity index (χ2v) is 9.81. The highest BCUT2D eigenvalue weighted by Gasteiger charge is 2.19. The first-order valence-electron chi connectivity index (χ1n) is 11.3. The molecule has 7 heteroatoms. The summed E-state index contributed by atoms with van der Waals surface area (Å²) in [5, 5.41) is 0. The predicted octanol–water partition coefficient (Wildman–Crippen LogP) is 6.08. The van der Waals surface area contributed by atoms with Crippen LogP contribution in [0.3, 0.4) is 0 Å². The Morgan fingerprint density at radius 2 is 1.53 bits per heavy atom. The number of hydrogen-bond donors (Lipinski definition) is 0. The van der Waals surface area contributed by atoms with Crippen molar-refractivity contribution in [2.24, 2.45) is 0 Å². The number of benzene rings is 2. The van der Waals surface area contributed by atoms with Crippen LogP contribution in [0.5, 0.6) is 5.75 Å². The molecule has 2 aromatic carbocycles. The molecule has 0 atom stereocenters. The molecule has 0 heterocycles.